The van der Waals surface area contributed by atoms with Gasteiger partial charge in [-0.05, 0) is 109 Å². The van der Waals surface area contributed by atoms with Crippen LogP contribution in [0.5, 0.6) is 0 Å². The highest BCUT2D eigenvalue weighted by atomic mass is 32.2. The van der Waals surface area contributed by atoms with E-state index in [0.717, 1.165) is 49.9 Å². The van der Waals surface area contributed by atoms with Crippen LogP contribution < -0.4 is 10.2 Å². The van der Waals surface area contributed by atoms with Gasteiger partial charge in [0, 0.05) is 40.1 Å². The lowest BCUT2D eigenvalue weighted by atomic mass is 9.81. The highest BCUT2D eigenvalue weighted by Gasteiger charge is 2.40. The van der Waals surface area contributed by atoms with Crippen molar-refractivity contribution in [3.63, 3.8) is 0 Å². The van der Waals surface area contributed by atoms with Gasteiger partial charge in [0.1, 0.15) is 0 Å². The molecular weight excluding hydrogens is 819 g/mol. The van der Waals surface area contributed by atoms with Crippen LogP contribution >= 0.6 is 12.6 Å². The number of allylic oxidation sites excluding steroid dienone is 6. The number of aliphatic imine (C=N–C) groups is 1. The number of carbonyl (C=O) groups is 3. The lowest BCUT2D eigenvalue weighted by Gasteiger charge is -2.27. The van der Waals surface area contributed by atoms with Crippen molar-refractivity contribution in [1.82, 2.24) is 5.32 Å². The Morgan fingerprint density at radius 3 is 2.27 bits per heavy atom. The van der Waals surface area contributed by atoms with E-state index in [1.54, 1.807) is 38.1 Å². The molecule has 12 heteroatoms. The normalized spacial score (nSPS) is 16.1. The van der Waals surface area contributed by atoms with Gasteiger partial charge in [0.25, 0.3) is 10.1 Å². The molecule has 0 saturated carbocycles. The number of esters is 1. The zero-order chi connectivity index (χ0) is 44.8. The average Bonchev–Trinajstić information content (AvgIpc) is 3.59. The molecule has 62 heavy (non-hydrogen) atoms. The summed E-state index contributed by atoms with van der Waals surface area (Å²) in [6.45, 7) is 12.0. The molecule has 2 N–H and O–H groups in total. The number of hydrogen-bond donors (Lipinski definition) is 3. The molecule has 0 unspecified atom stereocenters. The Bertz CT molecular complexity index is 2640. The van der Waals surface area contributed by atoms with E-state index in [0.29, 0.717) is 36.9 Å². The van der Waals surface area contributed by atoms with Crippen molar-refractivity contribution < 1.29 is 32.1 Å². The summed E-state index contributed by atoms with van der Waals surface area (Å²) in [5, 5.41) is 2.76. The summed E-state index contributed by atoms with van der Waals surface area (Å²) >= 11 is 4.51. The monoisotopic (exact) mass is 871 g/mol. The number of nitrogens with zero attached hydrogens (tertiary/aromatic N) is 2. The van der Waals surface area contributed by atoms with Crippen LogP contribution in [0, 0.1) is 13.8 Å². The standard InChI is InChI=1S/C50H53N3O7S2/c1-33-17-16-18-34(2)47(33)48(56)60-32-43(54)41(29-35-19-10-7-11-20-35)52-46(55)23-14-9-15-28-53-42-27-25-37(62(57,58)59)31-39(42)50(5,6)45(53)22-13-8-12-21-44-49(3,4)38-30-36(61)24-26-40(38)51-44/h7-8,10-13,16-22,24-27,29-31,61H,9,14-15,23,28,32H2,1-6H3,(H,52,55)(H,57,58,59)/b13-8+,21-12+,41-29+,45-22+. The smallest absolute Gasteiger partial charge is 0.339 e. The fourth-order valence-electron chi connectivity index (χ4n) is 7.95. The molecule has 0 saturated heterocycles. The number of hydrogen-bond acceptors (Lipinski definition) is 9. The molecule has 0 bridgehead atoms. The Balaban J connectivity index is 1.11. The number of amides is 1. The summed E-state index contributed by atoms with van der Waals surface area (Å²) in [5.74, 6) is -1.48. The number of rotatable bonds is 16. The molecule has 0 radical (unpaired) electrons. The third-order valence-corrected chi connectivity index (χ3v) is 12.5. The summed E-state index contributed by atoms with van der Waals surface area (Å²) in [7, 11) is -4.42. The molecule has 322 valence electrons. The third-order valence-electron chi connectivity index (χ3n) is 11.4. The van der Waals surface area contributed by atoms with Gasteiger partial charge in [-0.3, -0.25) is 19.1 Å². The largest absolute Gasteiger partial charge is 0.454 e. The first kappa shape index (κ1) is 45.7. The minimum absolute atomic E-state index is 0.0329. The van der Waals surface area contributed by atoms with Crippen molar-refractivity contribution in [2.24, 2.45) is 4.99 Å². The van der Waals surface area contributed by atoms with Gasteiger partial charge in [-0.2, -0.15) is 8.42 Å². The molecule has 0 atom stereocenters. The van der Waals surface area contributed by atoms with Crippen LogP contribution in [0.15, 0.2) is 141 Å². The predicted octanol–water partition coefficient (Wildman–Crippen LogP) is 10.1. The van der Waals surface area contributed by atoms with Crippen LogP contribution in [-0.2, 0) is 35.3 Å². The SMILES string of the molecule is Cc1cccc(C)c1C(=O)OCC(=O)/C(=C\c1ccccc1)NC(=O)CCCCCN1/C(=C/C=C/C=C/C2=Nc3ccc(S)cc3C2(C)C)C(C)(C)c2cc(S(=O)(=O)O)ccc21. The number of benzene rings is 4. The Kier molecular flexibility index (Phi) is 14.1. The number of Topliss-reactive ketones (excluding diaryl/α,β-unsaturated/α-hetero) is 1. The third kappa shape index (κ3) is 10.4. The van der Waals surface area contributed by atoms with E-state index < -0.39 is 33.9 Å². The van der Waals surface area contributed by atoms with E-state index in [-0.39, 0.29) is 28.3 Å². The van der Waals surface area contributed by atoms with Crippen LogP contribution in [0.25, 0.3) is 6.08 Å². The topological polar surface area (TPSA) is 142 Å². The lowest BCUT2D eigenvalue weighted by molar-refractivity contribution is -0.124. The molecule has 4 aromatic carbocycles. The van der Waals surface area contributed by atoms with E-state index >= 15 is 0 Å². The van der Waals surface area contributed by atoms with Crippen molar-refractivity contribution in [1.29, 1.82) is 0 Å². The van der Waals surface area contributed by atoms with Gasteiger partial charge in [0.05, 0.1) is 27.6 Å². The van der Waals surface area contributed by atoms with Crippen molar-refractivity contribution in [2.75, 3.05) is 18.1 Å². The lowest BCUT2D eigenvalue weighted by Crippen LogP contribution is -2.30. The minimum Gasteiger partial charge on any atom is -0.454 e. The number of thiol groups is 1. The molecule has 2 aliphatic rings. The maximum Gasteiger partial charge on any atom is 0.339 e. The Morgan fingerprint density at radius 1 is 0.839 bits per heavy atom. The number of unbranched alkanes of at least 4 members (excludes halogenated alkanes) is 2. The van der Waals surface area contributed by atoms with Crippen LogP contribution in [0.3, 0.4) is 0 Å². The number of carbonyl (C=O) groups excluding carboxylic acids is 3. The molecular formula is C50H53N3O7S2. The highest BCUT2D eigenvalue weighted by molar-refractivity contribution is 7.85. The average molecular weight is 872 g/mol. The van der Waals surface area contributed by atoms with Crippen molar-refractivity contribution in [2.45, 2.75) is 87.8 Å². The quantitative estimate of drug-likeness (QED) is 0.0252. The molecule has 6 rings (SSSR count). The molecule has 4 aromatic rings. The van der Waals surface area contributed by atoms with E-state index in [2.05, 4.69) is 42.8 Å². The first-order valence-corrected chi connectivity index (χ1v) is 22.5. The Labute approximate surface area is 370 Å². The molecule has 0 spiro atoms. The van der Waals surface area contributed by atoms with E-state index in [9.17, 15) is 27.4 Å². The maximum atomic E-state index is 13.4. The summed E-state index contributed by atoms with van der Waals surface area (Å²) in [4.78, 5) is 47.3. The summed E-state index contributed by atoms with van der Waals surface area (Å²) in [6.07, 6.45) is 13.5. The number of aryl methyl sites for hydroxylation is 2. The van der Waals surface area contributed by atoms with Gasteiger partial charge >= 0.3 is 5.97 Å². The number of ketones is 1. The fourth-order valence-corrected chi connectivity index (χ4v) is 8.66. The Morgan fingerprint density at radius 2 is 1.56 bits per heavy atom. The van der Waals surface area contributed by atoms with Gasteiger partial charge in [0.15, 0.2) is 6.61 Å². The van der Waals surface area contributed by atoms with E-state index in [1.165, 1.54) is 12.1 Å². The zero-order valence-corrected chi connectivity index (χ0v) is 37.6. The van der Waals surface area contributed by atoms with Crippen molar-refractivity contribution in [3.8, 4) is 0 Å². The summed E-state index contributed by atoms with van der Waals surface area (Å²) in [6, 6.07) is 25.2. The summed E-state index contributed by atoms with van der Waals surface area (Å²) in [5.41, 5.74) is 7.32. The van der Waals surface area contributed by atoms with Gasteiger partial charge in [-0.15, -0.1) is 12.6 Å². The second-order valence-corrected chi connectivity index (χ2v) is 18.6. The molecule has 0 aromatic heterocycles. The summed E-state index contributed by atoms with van der Waals surface area (Å²) < 4.78 is 39.6. The second kappa shape index (κ2) is 19.1. The zero-order valence-electron chi connectivity index (χ0n) is 35.9. The van der Waals surface area contributed by atoms with Crippen LogP contribution in [0.1, 0.15) is 91.6 Å². The number of anilines is 1. The van der Waals surface area contributed by atoms with Gasteiger partial charge in [0.2, 0.25) is 11.7 Å². The molecule has 10 nitrogen and oxygen atoms in total. The van der Waals surface area contributed by atoms with Crippen molar-refractivity contribution >= 4 is 63.6 Å². The number of ether oxygens (including phenoxy) is 1. The molecule has 0 fully saturated rings. The van der Waals surface area contributed by atoms with Gasteiger partial charge < -0.3 is 15.0 Å². The van der Waals surface area contributed by atoms with Crippen LogP contribution in [-0.4, -0.2) is 49.5 Å². The number of fused-ring (bicyclic) bond motifs is 2. The minimum atomic E-state index is -4.42. The van der Waals surface area contributed by atoms with Gasteiger partial charge in [-0.1, -0.05) is 101 Å². The molecule has 2 heterocycles. The Hall–Kier alpha value is -5.82. The van der Waals surface area contributed by atoms with Crippen molar-refractivity contribution in [3.05, 3.63) is 160 Å². The van der Waals surface area contributed by atoms with Crippen LogP contribution in [0.4, 0.5) is 11.4 Å². The number of nitrogens with one attached hydrogen (secondary N) is 1. The first-order valence-electron chi connectivity index (χ1n) is 20.6. The molecule has 2 aliphatic heterocycles. The molecule has 1 amide bonds. The maximum absolute atomic E-state index is 13.4. The highest BCUT2D eigenvalue weighted by Crippen LogP contribution is 2.48. The first-order chi connectivity index (χ1) is 29.4. The van der Waals surface area contributed by atoms with E-state index in [1.807, 2.05) is 92.8 Å². The van der Waals surface area contributed by atoms with Crippen LogP contribution in [0.2, 0.25) is 0 Å². The predicted molar refractivity (Wildman–Crippen MR) is 249 cm³/mol. The second-order valence-electron chi connectivity index (χ2n) is 16.6. The fraction of sp³-hybridized carbons (Fsp3) is 0.280. The molecule has 0 aliphatic carbocycles. The van der Waals surface area contributed by atoms with E-state index in [4.69, 9.17) is 9.73 Å². The van der Waals surface area contributed by atoms with Gasteiger partial charge in [-0.25, -0.2) is 4.79 Å².